The van der Waals surface area contributed by atoms with Crippen molar-refractivity contribution in [1.29, 1.82) is 0 Å². The summed E-state index contributed by atoms with van der Waals surface area (Å²) in [6.45, 7) is 0. The van der Waals surface area contributed by atoms with Crippen LogP contribution in [0.15, 0.2) is 21.5 Å². The van der Waals surface area contributed by atoms with Crippen molar-refractivity contribution in [1.82, 2.24) is 0 Å². The fourth-order valence-corrected chi connectivity index (χ4v) is 6.71. The standard InChI is InChI=1S/C5H3O4S.Tl/c1-2-3-5-4-8-10(6,7)9-5;/h1-3H;. The Morgan fingerprint density at radius 3 is 2.91 bits per heavy atom. The maximum absolute atomic E-state index is 10.7. The first kappa shape index (κ1) is 7.62. The predicted molar refractivity (Wildman–Crippen MR) is 39.1 cm³/mol. The summed E-state index contributed by atoms with van der Waals surface area (Å²) in [4.78, 5) is 0. The molecule has 4 nitrogen and oxygen atoms in total. The van der Waals surface area contributed by atoms with Crippen molar-refractivity contribution in [2.45, 2.75) is 0 Å². The maximum atomic E-state index is 10.7. The van der Waals surface area contributed by atoms with Gasteiger partial charge in [0.1, 0.15) is 0 Å². The van der Waals surface area contributed by atoms with E-state index < -0.39 is 34.1 Å². The van der Waals surface area contributed by atoms with Crippen LogP contribution in [0.3, 0.4) is 0 Å². The van der Waals surface area contributed by atoms with E-state index in [0.29, 0.717) is 9.00 Å². The Morgan fingerprint density at radius 1 is 1.36 bits per heavy atom. The van der Waals surface area contributed by atoms with Crippen LogP contribution in [-0.2, 0) is 18.8 Å². The van der Waals surface area contributed by atoms with E-state index in [2.05, 4.69) is 8.37 Å². The monoisotopic (exact) mass is 364 g/mol. The second-order valence-electron chi connectivity index (χ2n) is 2.02. The average Bonchev–Trinajstić information content (AvgIpc) is 2.21. The molecule has 1 saturated heterocycles. The second kappa shape index (κ2) is 2.49. The Morgan fingerprint density at radius 2 is 2.18 bits per heavy atom. The van der Waals surface area contributed by atoms with E-state index in [1.807, 2.05) is 9.71 Å². The zero-order valence-electron chi connectivity index (χ0n) is 5.35. The van der Waals surface area contributed by atoms with Gasteiger partial charge in [0.15, 0.2) is 0 Å². The van der Waals surface area contributed by atoms with E-state index in [4.69, 9.17) is 0 Å². The van der Waals surface area contributed by atoms with Gasteiger partial charge in [-0.25, -0.2) is 0 Å². The van der Waals surface area contributed by atoms with Crippen molar-refractivity contribution in [2.75, 3.05) is 0 Å². The predicted octanol–water partition coefficient (Wildman–Crippen LogP) is -0.477. The first-order valence-corrected chi connectivity index (χ1v) is 9.07. The molecule has 0 radical (unpaired) electrons. The number of fused-ring (bicyclic) bond motifs is 1. The number of hydrogen-bond donors (Lipinski definition) is 0. The molecule has 6 heteroatoms. The Kier molecular flexibility index (Phi) is 1.73. The molecule has 0 aromatic rings. The zero-order valence-corrected chi connectivity index (χ0v) is 10.7. The topological polar surface area (TPSA) is 52.6 Å². The van der Waals surface area contributed by atoms with Crippen LogP contribution in [0.25, 0.3) is 0 Å². The molecule has 0 spiro atoms. The van der Waals surface area contributed by atoms with Crippen molar-refractivity contribution < 1.29 is 16.8 Å². The molecular weight excluding hydrogens is 361 g/mol. The molecule has 11 heavy (non-hydrogen) atoms. The van der Waals surface area contributed by atoms with Gasteiger partial charge in [-0.3, -0.25) is 0 Å². The minimum atomic E-state index is -3.72. The van der Waals surface area contributed by atoms with Gasteiger partial charge in [-0.1, -0.05) is 0 Å². The summed E-state index contributed by atoms with van der Waals surface area (Å²) in [5.41, 5.74) is 0. The van der Waals surface area contributed by atoms with E-state index >= 15 is 0 Å². The van der Waals surface area contributed by atoms with Crippen LogP contribution >= 0.6 is 0 Å². The van der Waals surface area contributed by atoms with E-state index in [1.165, 1.54) is 0 Å². The summed E-state index contributed by atoms with van der Waals surface area (Å²) in [5.74, 6) is 0.391. The molecule has 2 aliphatic rings. The molecule has 0 N–H and O–H groups in total. The molecule has 0 aliphatic carbocycles. The van der Waals surface area contributed by atoms with Gasteiger partial charge in [0.2, 0.25) is 0 Å². The van der Waals surface area contributed by atoms with Gasteiger partial charge in [-0.2, -0.15) is 0 Å². The summed E-state index contributed by atoms with van der Waals surface area (Å²) in [7, 11) is -3.72. The van der Waals surface area contributed by atoms with E-state index in [0.717, 1.165) is 0 Å². The Hall–Kier alpha value is -0.0179. The summed E-state index contributed by atoms with van der Waals surface area (Å²) >= 11 is -1.27. The fraction of sp³-hybridized carbons (Fsp3) is 0. The minimum absolute atomic E-state index is 0.391. The Balaban J connectivity index is 2.51. The molecule has 0 unspecified atom stereocenters. The van der Waals surface area contributed by atoms with Gasteiger partial charge in [0, 0.05) is 0 Å². The van der Waals surface area contributed by atoms with Crippen LogP contribution in [0.1, 0.15) is 0 Å². The van der Waals surface area contributed by atoms with Crippen LogP contribution in [0.2, 0.25) is 0 Å². The molecule has 56 valence electrons. The first-order valence-electron chi connectivity index (χ1n) is 2.90. The molecule has 1 fully saturated rings. The molecule has 0 saturated carbocycles. The quantitative estimate of drug-likeness (QED) is 0.546. The molecule has 2 aliphatic heterocycles. The average molecular weight is 364 g/mol. The molecule has 0 amide bonds. The molecular formula is C5H3O4STl. The van der Waals surface area contributed by atoms with Crippen molar-refractivity contribution in [3.63, 3.8) is 0 Å². The van der Waals surface area contributed by atoms with Gasteiger partial charge >= 0.3 is 75.7 Å². The summed E-state index contributed by atoms with van der Waals surface area (Å²) in [5, 5.41) is 0. The third kappa shape index (κ3) is 1.44. The number of rotatable bonds is 0. The van der Waals surface area contributed by atoms with Gasteiger partial charge in [0.05, 0.1) is 0 Å². The third-order valence-corrected chi connectivity index (χ3v) is 7.02. The molecule has 0 aromatic carbocycles. The molecule has 0 atom stereocenters. The van der Waals surface area contributed by atoms with Crippen molar-refractivity contribution in [3.05, 3.63) is 21.5 Å². The second-order valence-corrected chi connectivity index (χ2v) is 8.00. The van der Waals surface area contributed by atoms with Crippen LogP contribution in [-0.4, -0.2) is 35.4 Å². The van der Waals surface area contributed by atoms with Crippen LogP contribution in [0, 0.1) is 0 Å². The normalized spacial score (nSPS) is 24.4. The third-order valence-electron chi connectivity index (χ3n) is 1.23. The fourth-order valence-electron chi connectivity index (χ4n) is 0.825. The molecule has 0 aromatic heterocycles. The van der Waals surface area contributed by atoms with Crippen molar-refractivity contribution in [2.24, 2.45) is 0 Å². The van der Waals surface area contributed by atoms with Crippen LogP contribution in [0.4, 0.5) is 0 Å². The zero-order chi connectivity index (χ0) is 7.90. The first-order chi connectivity index (χ1) is 5.17. The van der Waals surface area contributed by atoms with Gasteiger partial charge in [0.25, 0.3) is 0 Å². The molecule has 2 heterocycles. The summed E-state index contributed by atoms with van der Waals surface area (Å²) < 4.78 is 33.1. The van der Waals surface area contributed by atoms with Gasteiger partial charge in [-0.05, 0) is 0 Å². The number of hydrogen-bond acceptors (Lipinski definition) is 4. The Labute approximate surface area is 75.5 Å². The van der Waals surface area contributed by atoms with Crippen LogP contribution in [0.5, 0.6) is 0 Å². The van der Waals surface area contributed by atoms with Gasteiger partial charge in [-0.15, -0.1) is 0 Å². The summed E-state index contributed by atoms with van der Waals surface area (Å²) in [6.07, 6.45) is 3.43. The van der Waals surface area contributed by atoms with E-state index in [9.17, 15) is 8.42 Å². The summed E-state index contributed by atoms with van der Waals surface area (Å²) in [6, 6.07) is 0. The van der Waals surface area contributed by atoms with Crippen LogP contribution < -0.4 is 0 Å². The van der Waals surface area contributed by atoms with E-state index in [-0.39, 0.29) is 0 Å². The van der Waals surface area contributed by atoms with Crippen molar-refractivity contribution in [3.8, 4) is 0 Å². The molecule has 2 rings (SSSR count). The van der Waals surface area contributed by atoms with E-state index in [1.54, 1.807) is 6.08 Å². The van der Waals surface area contributed by atoms with Crippen molar-refractivity contribution >= 4 is 37.4 Å². The molecule has 0 bridgehead atoms. The number of allylic oxidation sites excluding steroid dienone is 2. The Bertz CT molecular complexity index is 345. The van der Waals surface area contributed by atoms with Gasteiger partial charge < -0.3 is 0 Å². The SMILES string of the molecule is O=S1(=O)OC2=CC=[CH][Tl]=[C]2O1.